The lowest BCUT2D eigenvalue weighted by molar-refractivity contribution is -0.139. The minimum absolute atomic E-state index is 0.0628. The van der Waals surface area contributed by atoms with Gasteiger partial charge < -0.3 is 10.2 Å². The van der Waals surface area contributed by atoms with Gasteiger partial charge in [0.2, 0.25) is 0 Å². The lowest BCUT2D eigenvalue weighted by Crippen LogP contribution is -1.97. The summed E-state index contributed by atoms with van der Waals surface area (Å²) in [4.78, 5) is 19.8. The predicted molar refractivity (Wildman–Crippen MR) is 61.4 cm³/mol. The van der Waals surface area contributed by atoms with Crippen molar-refractivity contribution in [2.75, 3.05) is 0 Å². The van der Waals surface area contributed by atoms with Crippen LogP contribution in [0, 0.1) is 0 Å². The fourth-order valence-corrected chi connectivity index (χ4v) is 1.61. The Morgan fingerprint density at radius 3 is 1.12 bits per heavy atom. The third-order valence-electron chi connectivity index (χ3n) is 2.53. The molecule has 1 aliphatic rings. The first-order valence-corrected chi connectivity index (χ1v) is 6.06. The van der Waals surface area contributed by atoms with Crippen LogP contribution in [-0.2, 0) is 9.59 Å². The summed E-state index contributed by atoms with van der Waals surface area (Å²) in [5.41, 5.74) is 0. The van der Waals surface area contributed by atoms with Crippen molar-refractivity contribution in [2.45, 2.75) is 64.2 Å². The quantitative estimate of drug-likeness (QED) is 0.712. The molecular weight excluding hydrogens is 208 g/mol. The van der Waals surface area contributed by atoms with Crippen molar-refractivity contribution in [1.29, 1.82) is 0 Å². The van der Waals surface area contributed by atoms with E-state index in [-0.39, 0.29) is 12.8 Å². The van der Waals surface area contributed by atoms with E-state index in [1.165, 1.54) is 38.5 Å². The first-order chi connectivity index (χ1) is 7.63. The molecule has 2 N–H and O–H groups in total. The molecule has 94 valence electrons. The Morgan fingerprint density at radius 2 is 0.938 bits per heavy atom. The Balaban J connectivity index is 0.000000315. The van der Waals surface area contributed by atoms with Gasteiger partial charge in [-0.2, -0.15) is 0 Å². The Kier molecular flexibility index (Phi) is 9.76. The lowest BCUT2D eigenvalue weighted by Gasteiger charge is -2.05. The summed E-state index contributed by atoms with van der Waals surface area (Å²) < 4.78 is 0. The molecule has 0 amide bonds. The molecule has 1 saturated carbocycles. The van der Waals surface area contributed by atoms with E-state index in [1.807, 2.05) is 0 Å². The fraction of sp³-hybridized carbons (Fsp3) is 0.833. The average molecular weight is 230 g/mol. The molecule has 16 heavy (non-hydrogen) atoms. The highest BCUT2D eigenvalue weighted by Gasteiger charge is 1.99. The molecule has 0 atom stereocenters. The van der Waals surface area contributed by atoms with Crippen LogP contribution in [0.25, 0.3) is 0 Å². The molecule has 0 unspecified atom stereocenters. The summed E-state index contributed by atoms with van der Waals surface area (Å²) in [6, 6.07) is 0. The van der Waals surface area contributed by atoms with Gasteiger partial charge in [0.25, 0.3) is 0 Å². The molecule has 4 nitrogen and oxygen atoms in total. The standard InChI is InChI=1S/C6H10O4.C6H12/c7-5(8)3-1-2-4-6(9)10;1-2-4-6-5-3-1/h1-4H2,(H,7,8)(H,9,10);1-6H2. The van der Waals surface area contributed by atoms with Crippen LogP contribution in [0.1, 0.15) is 64.2 Å². The smallest absolute Gasteiger partial charge is 0.303 e. The normalized spacial score (nSPS) is 14.8. The summed E-state index contributed by atoms with van der Waals surface area (Å²) in [6.45, 7) is 0. The molecule has 0 heterocycles. The highest BCUT2D eigenvalue weighted by Crippen LogP contribution is 2.15. The summed E-state index contributed by atoms with van der Waals surface area (Å²) in [5, 5.41) is 16.3. The number of hydrogen-bond donors (Lipinski definition) is 2. The van der Waals surface area contributed by atoms with E-state index in [0.29, 0.717) is 12.8 Å². The molecule has 0 radical (unpaired) electrons. The minimum Gasteiger partial charge on any atom is -0.481 e. The third-order valence-corrected chi connectivity index (χ3v) is 2.53. The van der Waals surface area contributed by atoms with Crippen molar-refractivity contribution in [3.63, 3.8) is 0 Å². The van der Waals surface area contributed by atoms with Crippen molar-refractivity contribution in [2.24, 2.45) is 0 Å². The number of carboxylic acid groups (broad SMARTS) is 2. The van der Waals surface area contributed by atoms with Gasteiger partial charge in [0, 0.05) is 12.8 Å². The highest BCUT2D eigenvalue weighted by atomic mass is 16.4. The van der Waals surface area contributed by atoms with Crippen LogP contribution in [0.4, 0.5) is 0 Å². The predicted octanol–water partition coefficient (Wildman–Crippen LogP) is 3.06. The summed E-state index contributed by atoms with van der Waals surface area (Å²) in [6.07, 6.45) is 10.0. The van der Waals surface area contributed by atoms with Crippen LogP contribution in [0.2, 0.25) is 0 Å². The summed E-state index contributed by atoms with van der Waals surface area (Å²) >= 11 is 0. The van der Waals surface area contributed by atoms with E-state index in [2.05, 4.69) is 0 Å². The molecule has 4 heteroatoms. The second kappa shape index (κ2) is 10.5. The van der Waals surface area contributed by atoms with Crippen molar-refractivity contribution in [3.05, 3.63) is 0 Å². The maximum Gasteiger partial charge on any atom is 0.303 e. The molecule has 0 aliphatic heterocycles. The first-order valence-electron chi connectivity index (χ1n) is 6.06. The second-order valence-electron chi connectivity index (χ2n) is 4.12. The minimum atomic E-state index is -0.870. The molecule has 1 fully saturated rings. The Labute approximate surface area is 96.7 Å². The maximum absolute atomic E-state index is 9.90. The van der Waals surface area contributed by atoms with Crippen molar-refractivity contribution in [1.82, 2.24) is 0 Å². The van der Waals surface area contributed by atoms with E-state index < -0.39 is 11.9 Å². The summed E-state index contributed by atoms with van der Waals surface area (Å²) in [7, 11) is 0. The number of rotatable bonds is 5. The second-order valence-corrected chi connectivity index (χ2v) is 4.12. The van der Waals surface area contributed by atoms with Gasteiger partial charge in [-0.1, -0.05) is 38.5 Å². The zero-order valence-corrected chi connectivity index (χ0v) is 9.78. The lowest BCUT2D eigenvalue weighted by atomic mass is 10.0. The summed E-state index contributed by atoms with van der Waals surface area (Å²) in [5.74, 6) is -1.74. The van der Waals surface area contributed by atoms with Gasteiger partial charge >= 0.3 is 11.9 Å². The first kappa shape index (κ1) is 14.9. The molecule has 0 aromatic carbocycles. The zero-order chi connectivity index (χ0) is 12.2. The largest absolute Gasteiger partial charge is 0.481 e. The Morgan fingerprint density at radius 1 is 0.688 bits per heavy atom. The molecular formula is C12H22O4. The Hall–Kier alpha value is -1.06. The molecule has 0 aromatic heterocycles. The number of unbranched alkanes of at least 4 members (excludes halogenated alkanes) is 1. The average Bonchev–Trinajstić information content (AvgIpc) is 2.27. The Bertz CT molecular complexity index is 170. The highest BCUT2D eigenvalue weighted by molar-refractivity contribution is 5.67. The SMILES string of the molecule is C1CCCCC1.O=C(O)CCCCC(=O)O. The van der Waals surface area contributed by atoms with Crippen LogP contribution in [0.15, 0.2) is 0 Å². The van der Waals surface area contributed by atoms with Gasteiger partial charge in [-0.3, -0.25) is 9.59 Å². The number of hydrogen-bond acceptors (Lipinski definition) is 2. The maximum atomic E-state index is 9.90. The number of carbonyl (C=O) groups is 2. The van der Waals surface area contributed by atoms with E-state index >= 15 is 0 Å². The van der Waals surface area contributed by atoms with E-state index in [1.54, 1.807) is 0 Å². The molecule has 0 bridgehead atoms. The number of carboxylic acids is 2. The molecule has 0 spiro atoms. The topological polar surface area (TPSA) is 74.6 Å². The van der Waals surface area contributed by atoms with Crippen LogP contribution in [-0.4, -0.2) is 22.2 Å². The van der Waals surface area contributed by atoms with Crippen molar-refractivity contribution < 1.29 is 19.8 Å². The van der Waals surface area contributed by atoms with Crippen LogP contribution >= 0.6 is 0 Å². The van der Waals surface area contributed by atoms with Gasteiger partial charge in [-0.05, 0) is 12.8 Å². The molecule has 1 rings (SSSR count). The van der Waals surface area contributed by atoms with Crippen molar-refractivity contribution >= 4 is 11.9 Å². The third kappa shape index (κ3) is 12.9. The van der Waals surface area contributed by atoms with Gasteiger partial charge in [-0.15, -0.1) is 0 Å². The van der Waals surface area contributed by atoms with Crippen molar-refractivity contribution in [3.8, 4) is 0 Å². The van der Waals surface area contributed by atoms with Crippen LogP contribution < -0.4 is 0 Å². The van der Waals surface area contributed by atoms with Gasteiger partial charge in [0.15, 0.2) is 0 Å². The van der Waals surface area contributed by atoms with E-state index in [4.69, 9.17) is 10.2 Å². The molecule has 0 aromatic rings. The van der Waals surface area contributed by atoms with E-state index in [0.717, 1.165) is 0 Å². The van der Waals surface area contributed by atoms with Gasteiger partial charge in [0.1, 0.15) is 0 Å². The van der Waals surface area contributed by atoms with Crippen LogP contribution in [0.3, 0.4) is 0 Å². The molecule has 1 aliphatic carbocycles. The monoisotopic (exact) mass is 230 g/mol. The number of aliphatic carboxylic acids is 2. The van der Waals surface area contributed by atoms with E-state index in [9.17, 15) is 9.59 Å². The molecule has 0 saturated heterocycles. The fourth-order valence-electron chi connectivity index (χ4n) is 1.61. The van der Waals surface area contributed by atoms with Crippen LogP contribution in [0.5, 0.6) is 0 Å². The van der Waals surface area contributed by atoms with Gasteiger partial charge in [0.05, 0.1) is 0 Å². The zero-order valence-electron chi connectivity index (χ0n) is 9.78. The van der Waals surface area contributed by atoms with Gasteiger partial charge in [-0.25, -0.2) is 0 Å².